The molecule has 2 rings (SSSR count). The Bertz CT molecular complexity index is 542. The number of rotatable bonds is 5. The third-order valence-electron chi connectivity index (χ3n) is 3.75. The minimum absolute atomic E-state index is 0.895. The van der Waals surface area contributed by atoms with Crippen LogP contribution in [0.25, 0.3) is 0 Å². The van der Waals surface area contributed by atoms with Crippen LogP contribution in [-0.4, -0.2) is 0 Å². The summed E-state index contributed by atoms with van der Waals surface area (Å²) in [5.74, 6) is 0. The van der Waals surface area contributed by atoms with Crippen LogP contribution in [-0.2, 0) is 19.4 Å². The van der Waals surface area contributed by atoms with Crippen LogP contribution >= 0.6 is 0 Å². The zero-order chi connectivity index (χ0) is 14.5. The second-order valence-corrected chi connectivity index (χ2v) is 5.51. The van der Waals surface area contributed by atoms with Crippen molar-refractivity contribution in [2.75, 3.05) is 5.32 Å². The summed E-state index contributed by atoms with van der Waals surface area (Å²) in [6.45, 7) is 9.65. The molecule has 0 unspecified atom stereocenters. The molecule has 0 radical (unpaired) electrons. The van der Waals surface area contributed by atoms with E-state index in [4.69, 9.17) is 0 Å². The Hall–Kier alpha value is -1.76. The van der Waals surface area contributed by atoms with Crippen molar-refractivity contribution in [3.8, 4) is 0 Å². The Labute approximate surface area is 123 Å². The standard InChI is InChI=1S/C19H25N/c1-5-17-8-7-9-18(6-2)19(17)20-13-16-11-14(3)10-15(4)12-16/h7-12,20H,5-6,13H2,1-4H3. The summed E-state index contributed by atoms with van der Waals surface area (Å²) in [5, 5.41) is 3.65. The fraction of sp³-hybridized carbons (Fsp3) is 0.368. The maximum absolute atomic E-state index is 3.65. The van der Waals surface area contributed by atoms with Crippen LogP contribution in [0.4, 0.5) is 5.69 Å². The Morgan fingerprint density at radius 3 is 1.90 bits per heavy atom. The molecule has 0 aliphatic heterocycles. The van der Waals surface area contributed by atoms with Gasteiger partial charge in [-0.1, -0.05) is 61.4 Å². The molecule has 0 aliphatic carbocycles. The molecule has 0 bridgehead atoms. The average Bonchev–Trinajstić information content (AvgIpc) is 2.43. The van der Waals surface area contributed by atoms with Gasteiger partial charge in [0.2, 0.25) is 0 Å². The van der Waals surface area contributed by atoms with Gasteiger partial charge < -0.3 is 5.32 Å². The quantitative estimate of drug-likeness (QED) is 0.800. The molecule has 0 aliphatic rings. The summed E-state index contributed by atoms with van der Waals surface area (Å²) in [7, 11) is 0. The van der Waals surface area contributed by atoms with Crippen molar-refractivity contribution in [3.05, 3.63) is 64.2 Å². The molecule has 2 aromatic rings. The molecule has 0 atom stereocenters. The van der Waals surface area contributed by atoms with Gasteiger partial charge in [-0.15, -0.1) is 0 Å². The molecule has 0 saturated heterocycles. The van der Waals surface area contributed by atoms with E-state index in [1.54, 1.807) is 0 Å². The first-order valence-corrected chi connectivity index (χ1v) is 7.55. The molecule has 1 N–H and O–H groups in total. The molecule has 1 nitrogen and oxygen atoms in total. The lowest BCUT2D eigenvalue weighted by Gasteiger charge is -2.16. The summed E-state index contributed by atoms with van der Waals surface area (Å²) in [4.78, 5) is 0. The minimum Gasteiger partial charge on any atom is -0.381 e. The fourth-order valence-corrected chi connectivity index (χ4v) is 2.83. The molecule has 0 fully saturated rings. The van der Waals surface area contributed by atoms with Crippen molar-refractivity contribution in [2.24, 2.45) is 0 Å². The first-order valence-electron chi connectivity index (χ1n) is 7.55. The molecule has 0 aromatic heterocycles. The summed E-state index contributed by atoms with van der Waals surface area (Å²) in [5.41, 5.74) is 8.18. The van der Waals surface area contributed by atoms with E-state index in [0.717, 1.165) is 19.4 Å². The van der Waals surface area contributed by atoms with Gasteiger partial charge >= 0.3 is 0 Å². The van der Waals surface area contributed by atoms with E-state index in [0.29, 0.717) is 0 Å². The smallest absolute Gasteiger partial charge is 0.0407 e. The van der Waals surface area contributed by atoms with E-state index in [1.165, 1.54) is 33.5 Å². The lowest BCUT2D eigenvalue weighted by molar-refractivity contribution is 1.05. The Kier molecular flexibility index (Phi) is 4.84. The van der Waals surface area contributed by atoms with Gasteiger partial charge in [-0.2, -0.15) is 0 Å². The molecular formula is C19H25N. The Morgan fingerprint density at radius 2 is 1.40 bits per heavy atom. The van der Waals surface area contributed by atoms with E-state index in [9.17, 15) is 0 Å². The first-order chi connectivity index (χ1) is 9.63. The van der Waals surface area contributed by atoms with Crippen molar-refractivity contribution in [3.63, 3.8) is 0 Å². The van der Waals surface area contributed by atoms with Gasteiger partial charge in [-0.05, 0) is 43.4 Å². The molecule has 0 spiro atoms. The Morgan fingerprint density at radius 1 is 0.850 bits per heavy atom. The average molecular weight is 267 g/mol. The van der Waals surface area contributed by atoms with Gasteiger partial charge in [0, 0.05) is 12.2 Å². The van der Waals surface area contributed by atoms with Crippen molar-refractivity contribution < 1.29 is 0 Å². The van der Waals surface area contributed by atoms with Crippen molar-refractivity contribution >= 4 is 5.69 Å². The highest BCUT2D eigenvalue weighted by molar-refractivity contribution is 5.58. The number of anilines is 1. The molecule has 2 aromatic carbocycles. The predicted molar refractivity (Wildman–Crippen MR) is 88.4 cm³/mol. The van der Waals surface area contributed by atoms with E-state index in [1.807, 2.05) is 0 Å². The van der Waals surface area contributed by atoms with E-state index >= 15 is 0 Å². The normalized spacial score (nSPS) is 10.6. The highest BCUT2D eigenvalue weighted by atomic mass is 14.9. The molecule has 0 amide bonds. The zero-order valence-corrected chi connectivity index (χ0v) is 13.1. The van der Waals surface area contributed by atoms with Crippen LogP contribution in [0.1, 0.15) is 41.7 Å². The molecule has 0 heterocycles. The van der Waals surface area contributed by atoms with Crippen molar-refractivity contribution in [1.82, 2.24) is 0 Å². The highest BCUT2D eigenvalue weighted by Crippen LogP contribution is 2.23. The van der Waals surface area contributed by atoms with Crippen molar-refractivity contribution in [2.45, 2.75) is 47.1 Å². The van der Waals surface area contributed by atoms with Gasteiger partial charge in [-0.3, -0.25) is 0 Å². The highest BCUT2D eigenvalue weighted by Gasteiger charge is 2.06. The van der Waals surface area contributed by atoms with Crippen LogP contribution < -0.4 is 5.32 Å². The lowest BCUT2D eigenvalue weighted by Crippen LogP contribution is -2.05. The van der Waals surface area contributed by atoms with Gasteiger partial charge in [-0.25, -0.2) is 0 Å². The van der Waals surface area contributed by atoms with Crippen molar-refractivity contribution in [1.29, 1.82) is 0 Å². The maximum atomic E-state index is 3.65. The zero-order valence-electron chi connectivity index (χ0n) is 13.1. The molecule has 1 heteroatoms. The maximum Gasteiger partial charge on any atom is 0.0407 e. The molecular weight excluding hydrogens is 242 g/mol. The summed E-state index contributed by atoms with van der Waals surface area (Å²) < 4.78 is 0. The predicted octanol–water partition coefficient (Wildman–Crippen LogP) is 5.04. The van der Waals surface area contributed by atoms with Crippen LogP contribution in [0.2, 0.25) is 0 Å². The number of hydrogen-bond acceptors (Lipinski definition) is 1. The Balaban J connectivity index is 2.22. The number of benzene rings is 2. The van der Waals surface area contributed by atoms with Gasteiger partial charge in [0.25, 0.3) is 0 Å². The van der Waals surface area contributed by atoms with Gasteiger partial charge in [0.15, 0.2) is 0 Å². The lowest BCUT2D eigenvalue weighted by atomic mass is 10.0. The number of nitrogens with one attached hydrogen (secondary N) is 1. The SMILES string of the molecule is CCc1cccc(CC)c1NCc1cc(C)cc(C)c1. The number of hydrogen-bond donors (Lipinski definition) is 1. The summed E-state index contributed by atoms with van der Waals surface area (Å²) in [6.07, 6.45) is 2.14. The number of para-hydroxylation sites is 1. The summed E-state index contributed by atoms with van der Waals surface area (Å²) >= 11 is 0. The van der Waals surface area contributed by atoms with Gasteiger partial charge in [0.05, 0.1) is 0 Å². The van der Waals surface area contributed by atoms with Crippen LogP contribution in [0, 0.1) is 13.8 Å². The second-order valence-electron chi connectivity index (χ2n) is 5.51. The minimum atomic E-state index is 0.895. The van der Waals surface area contributed by atoms with E-state index < -0.39 is 0 Å². The first kappa shape index (κ1) is 14.6. The second kappa shape index (κ2) is 6.60. The van der Waals surface area contributed by atoms with Crippen LogP contribution in [0.15, 0.2) is 36.4 Å². The van der Waals surface area contributed by atoms with Crippen LogP contribution in [0.3, 0.4) is 0 Å². The monoisotopic (exact) mass is 267 g/mol. The molecule has 20 heavy (non-hydrogen) atoms. The van der Waals surface area contributed by atoms with Crippen LogP contribution in [0.5, 0.6) is 0 Å². The third-order valence-corrected chi connectivity index (χ3v) is 3.75. The third kappa shape index (κ3) is 3.41. The van der Waals surface area contributed by atoms with E-state index in [-0.39, 0.29) is 0 Å². The van der Waals surface area contributed by atoms with Gasteiger partial charge in [0.1, 0.15) is 0 Å². The summed E-state index contributed by atoms with van der Waals surface area (Å²) in [6, 6.07) is 13.4. The topological polar surface area (TPSA) is 12.0 Å². The largest absolute Gasteiger partial charge is 0.381 e. The number of aryl methyl sites for hydroxylation is 4. The molecule has 106 valence electrons. The fourth-order valence-electron chi connectivity index (χ4n) is 2.83. The molecule has 0 saturated carbocycles. The van der Waals surface area contributed by atoms with E-state index in [2.05, 4.69) is 69.4 Å².